The third-order valence-corrected chi connectivity index (χ3v) is 6.12. The highest BCUT2D eigenvalue weighted by atomic mass is 19.4. The maximum atomic E-state index is 13.6. The molecule has 0 aromatic heterocycles. The van der Waals surface area contributed by atoms with Gasteiger partial charge in [-0.05, 0) is 42.0 Å². The molecule has 3 rings (SSSR count). The molecule has 0 saturated carbocycles. The number of guanidine groups is 1. The van der Waals surface area contributed by atoms with Crippen molar-refractivity contribution in [2.45, 2.75) is 58.8 Å². The van der Waals surface area contributed by atoms with Gasteiger partial charge in [0.1, 0.15) is 0 Å². The molecule has 2 amide bonds. The lowest BCUT2D eigenvalue weighted by atomic mass is 10.00. The molecule has 0 spiro atoms. The highest BCUT2D eigenvalue weighted by molar-refractivity contribution is 5.97. The van der Waals surface area contributed by atoms with E-state index in [1.54, 1.807) is 0 Å². The molecule has 1 aliphatic rings. The smallest absolute Gasteiger partial charge is 0.369 e. The molecule has 2 N–H and O–H groups in total. The van der Waals surface area contributed by atoms with Gasteiger partial charge in [0.2, 0.25) is 5.91 Å². The number of likely N-dealkylation sites (tertiary alicyclic amines) is 1. The number of carbonyl (C=O) groups excluding carboxylic acids is 2. The van der Waals surface area contributed by atoms with Gasteiger partial charge in [0, 0.05) is 19.5 Å². The molecule has 6 nitrogen and oxygen atoms in total. The number of benzene rings is 2. The van der Waals surface area contributed by atoms with E-state index in [9.17, 15) is 22.8 Å². The van der Waals surface area contributed by atoms with Crippen LogP contribution in [0.25, 0.3) is 0 Å². The first kappa shape index (κ1) is 27.2. The van der Waals surface area contributed by atoms with Crippen molar-refractivity contribution >= 4 is 17.8 Å². The largest absolute Gasteiger partial charge is 0.417 e. The fourth-order valence-electron chi connectivity index (χ4n) is 3.92. The van der Waals surface area contributed by atoms with Gasteiger partial charge in [0.05, 0.1) is 24.2 Å². The second-order valence-corrected chi connectivity index (χ2v) is 9.45. The fraction of sp³-hybridized carbons (Fsp3) is 0.444. The van der Waals surface area contributed by atoms with E-state index in [1.165, 1.54) is 21.9 Å². The summed E-state index contributed by atoms with van der Waals surface area (Å²) < 4.78 is 40.9. The van der Waals surface area contributed by atoms with Gasteiger partial charge in [-0.2, -0.15) is 13.2 Å². The number of amides is 2. The van der Waals surface area contributed by atoms with Crippen molar-refractivity contribution in [3.05, 3.63) is 70.8 Å². The molecule has 2 aromatic carbocycles. The first-order chi connectivity index (χ1) is 17.1. The Morgan fingerprint density at radius 3 is 2.36 bits per heavy atom. The molecule has 1 fully saturated rings. The van der Waals surface area contributed by atoms with Gasteiger partial charge in [-0.25, -0.2) is 4.99 Å². The molecule has 1 heterocycles. The molecule has 0 aliphatic carbocycles. The van der Waals surface area contributed by atoms with Gasteiger partial charge in [0.25, 0.3) is 5.91 Å². The number of halogens is 3. The van der Waals surface area contributed by atoms with Crippen LogP contribution in [0.4, 0.5) is 13.2 Å². The minimum atomic E-state index is -4.67. The highest BCUT2D eigenvalue weighted by Gasteiger charge is 2.37. The standard InChI is InChI=1S/C27H33F3N4O2/c1-19(2)8-6-11-24(35)34(26(31)32-17-20-9-4-3-5-10-20)18-21-12-13-23(27(28,29)30)22(16-21)25(36)33-14-7-15-33/h3-5,9-10,12-13,16,19H,6-8,11,14-15,17-18H2,1-2H3,(H2,31,32). The van der Waals surface area contributed by atoms with Crippen LogP contribution >= 0.6 is 0 Å². The summed E-state index contributed by atoms with van der Waals surface area (Å²) in [5.74, 6) is -0.499. The van der Waals surface area contributed by atoms with E-state index in [2.05, 4.69) is 18.8 Å². The third kappa shape index (κ3) is 7.32. The fourth-order valence-corrected chi connectivity index (χ4v) is 3.92. The number of rotatable bonds is 9. The maximum absolute atomic E-state index is 13.6. The van der Waals surface area contributed by atoms with E-state index in [4.69, 9.17) is 5.73 Å². The summed E-state index contributed by atoms with van der Waals surface area (Å²) in [6.07, 6.45) is -2.16. The SMILES string of the molecule is CC(C)CCCC(=O)N(Cc1ccc(C(F)(F)F)c(C(=O)N2CCC2)c1)C(N)=NCc1ccccc1. The maximum Gasteiger partial charge on any atom is 0.417 e. The Kier molecular flexibility index (Phi) is 9.12. The van der Waals surface area contributed by atoms with Crippen molar-refractivity contribution < 1.29 is 22.8 Å². The van der Waals surface area contributed by atoms with E-state index in [1.807, 2.05) is 30.3 Å². The Hall–Kier alpha value is -3.36. The molecule has 2 aromatic rings. The molecule has 0 atom stereocenters. The van der Waals surface area contributed by atoms with Gasteiger partial charge in [-0.15, -0.1) is 0 Å². The average molecular weight is 503 g/mol. The predicted molar refractivity (Wildman–Crippen MR) is 133 cm³/mol. The van der Waals surface area contributed by atoms with Gasteiger partial charge in [0.15, 0.2) is 5.96 Å². The Bertz CT molecular complexity index is 1080. The van der Waals surface area contributed by atoms with Crippen LogP contribution in [-0.4, -0.2) is 40.7 Å². The van der Waals surface area contributed by atoms with E-state index < -0.39 is 23.2 Å². The lowest BCUT2D eigenvalue weighted by Gasteiger charge is -2.32. The highest BCUT2D eigenvalue weighted by Crippen LogP contribution is 2.34. The molecule has 0 bridgehead atoms. The van der Waals surface area contributed by atoms with E-state index in [0.717, 1.165) is 24.5 Å². The van der Waals surface area contributed by atoms with Crippen LogP contribution in [0.5, 0.6) is 0 Å². The monoisotopic (exact) mass is 502 g/mol. The first-order valence-electron chi connectivity index (χ1n) is 12.2. The normalized spacial score (nSPS) is 14.1. The number of nitrogens with zero attached hydrogens (tertiary/aromatic N) is 3. The van der Waals surface area contributed by atoms with E-state index in [0.29, 0.717) is 31.0 Å². The van der Waals surface area contributed by atoms with Crippen LogP contribution in [0.3, 0.4) is 0 Å². The Morgan fingerprint density at radius 2 is 1.78 bits per heavy atom. The molecule has 194 valence electrons. The second-order valence-electron chi connectivity index (χ2n) is 9.45. The average Bonchev–Trinajstić information content (AvgIpc) is 2.79. The van der Waals surface area contributed by atoms with Crippen LogP contribution < -0.4 is 5.73 Å². The Balaban J connectivity index is 1.88. The van der Waals surface area contributed by atoms with Crippen molar-refractivity contribution in [3.8, 4) is 0 Å². The lowest BCUT2D eigenvalue weighted by Crippen LogP contribution is -2.43. The quantitative estimate of drug-likeness (QED) is 0.377. The van der Waals surface area contributed by atoms with Crippen molar-refractivity contribution in [3.63, 3.8) is 0 Å². The number of hydrogen-bond donors (Lipinski definition) is 1. The summed E-state index contributed by atoms with van der Waals surface area (Å²) in [4.78, 5) is 32.9. The molecule has 1 saturated heterocycles. The molecule has 1 aliphatic heterocycles. The Morgan fingerprint density at radius 1 is 1.08 bits per heavy atom. The first-order valence-corrected chi connectivity index (χ1v) is 12.2. The van der Waals surface area contributed by atoms with Crippen LogP contribution in [0, 0.1) is 5.92 Å². The second kappa shape index (κ2) is 12.1. The number of hydrogen-bond acceptors (Lipinski definition) is 3. The number of carbonyl (C=O) groups is 2. The molecule has 0 radical (unpaired) electrons. The van der Waals surface area contributed by atoms with Gasteiger partial charge < -0.3 is 10.6 Å². The van der Waals surface area contributed by atoms with E-state index >= 15 is 0 Å². The molecule has 0 unspecified atom stereocenters. The van der Waals surface area contributed by atoms with Gasteiger partial charge >= 0.3 is 6.18 Å². The summed E-state index contributed by atoms with van der Waals surface area (Å²) >= 11 is 0. The number of alkyl halides is 3. The van der Waals surface area contributed by atoms with Crippen LogP contribution in [0.2, 0.25) is 0 Å². The lowest BCUT2D eigenvalue weighted by molar-refractivity contribution is -0.138. The van der Waals surface area contributed by atoms with Crippen molar-refractivity contribution in [1.82, 2.24) is 9.80 Å². The zero-order chi connectivity index (χ0) is 26.3. The van der Waals surface area contributed by atoms with Gasteiger partial charge in [-0.1, -0.05) is 56.7 Å². The topological polar surface area (TPSA) is 79.0 Å². The summed E-state index contributed by atoms with van der Waals surface area (Å²) in [6, 6.07) is 12.8. The third-order valence-electron chi connectivity index (χ3n) is 6.12. The minimum absolute atomic E-state index is 0.0103. The van der Waals surface area contributed by atoms with Crippen LogP contribution in [-0.2, 0) is 24.1 Å². The predicted octanol–water partition coefficient (Wildman–Crippen LogP) is 5.22. The number of nitrogens with two attached hydrogens (primary N) is 1. The number of aliphatic imine (C=N–C) groups is 1. The summed E-state index contributed by atoms with van der Waals surface area (Å²) in [5, 5.41) is 0. The molecular formula is C27H33F3N4O2. The minimum Gasteiger partial charge on any atom is -0.369 e. The summed E-state index contributed by atoms with van der Waals surface area (Å²) in [6.45, 7) is 5.17. The zero-order valence-corrected chi connectivity index (χ0v) is 20.7. The molecule has 9 heteroatoms. The van der Waals surface area contributed by atoms with Crippen molar-refractivity contribution in [2.24, 2.45) is 16.6 Å². The van der Waals surface area contributed by atoms with Gasteiger partial charge in [-0.3, -0.25) is 14.5 Å². The molecular weight excluding hydrogens is 469 g/mol. The van der Waals surface area contributed by atoms with Crippen LogP contribution in [0.1, 0.15) is 66.6 Å². The Labute approximate surface area is 210 Å². The molecule has 36 heavy (non-hydrogen) atoms. The van der Waals surface area contributed by atoms with Crippen molar-refractivity contribution in [2.75, 3.05) is 13.1 Å². The summed E-state index contributed by atoms with van der Waals surface area (Å²) in [5.41, 5.74) is 6.11. The van der Waals surface area contributed by atoms with Crippen LogP contribution in [0.15, 0.2) is 53.5 Å². The van der Waals surface area contributed by atoms with E-state index in [-0.39, 0.29) is 31.4 Å². The van der Waals surface area contributed by atoms with Crippen molar-refractivity contribution in [1.29, 1.82) is 0 Å². The zero-order valence-electron chi connectivity index (χ0n) is 20.7. The summed E-state index contributed by atoms with van der Waals surface area (Å²) in [7, 11) is 0.